The molecular formula is C20H25N3O4. The van der Waals surface area contributed by atoms with Crippen LogP contribution in [0.15, 0.2) is 53.5 Å². The molecule has 1 fully saturated rings. The summed E-state index contributed by atoms with van der Waals surface area (Å²) in [6, 6.07) is 12.4. The molecule has 27 heavy (non-hydrogen) atoms. The summed E-state index contributed by atoms with van der Waals surface area (Å²) in [5, 5.41) is 0. The molecule has 0 unspecified atom stereocenters. The van der Waals surface area contributed by atoms with Gasteiger partial charge >= 0.3 is 0 Å². The molecule has 0 radical (unpaired) electrons. The Hall–Kier alpha value is -2.80. The van der Waals surface area contributed by atoms with Crippen LogP contribution in [-0.2, 0) is 11.3 Å². The normalized spacial score (nSPS) is 14.8. The molecule has 1 aromatic heterocycles. The molecule has 2 aromatic rings. The van der Waals surface area contributed by atoms with Crippen LogP contribution in [0.5, 0.6) is 11.5 Å². The highest BCUT2D eigenvalue weighted by Gasteiger charge is 2.21. The zero-order valence-corrected chi connectivity index (χ0v) is 15.5. The maximum atomic E-state index is 12.4. The van der Waals surface area contributed by atoms with E-state index in [0.29, 0.717) is 19.7 Å². The fraction of sp³-hybridized carbons (Fsp3) is 0.400. The van der Waals surface area contributed by atoms with Gasteiger partial charge in [-0.1, -0.05) is 6.07 Å². The molecule has 1 saturated heterocycles. The zero-order valence-electron chi connectivity index (χ0n) is 15.5. The Morgan fingerprint density at radius 3 is 2.37 bits per heavy atom. The number of nitrogens with zero attached hydrogens (tertiary/aromatic N) is 3. The lowest BCUT2D eigenvalue weighted by Crippen LogP contribution is -2.50. The first-order chi connectivity index (χ1) is 13.2. The molecular weight excluding hydrogens is 346 g/mol. The number of carbonyl (C=O) groups excluding carboxylic acids is 1. The Kier molecular flexibility index (Phi) is 6.49. The lowest BCUT2D eigenvalue weighted by Gasteiger charge is -2.34. The molecule has 1 amide bonds. The van der Waals surface area contributed by atoms with Crippen molar-refractivity contribution in [2.75, 3.05) is 46.4 Å². The molecule has 7 nitrogen and oxygen atoms in total. The second-order valence-electron chi connectivity index (χ2n) is 6.41. The molecule has 1 aromatic carbocycles. The van der Waals surface area contributed by atoms with E-state index in [1.54, 1.807) is 25.4 Å². The van der Waals surface area contributed by atoms with Crippen molar-refractivity contribution in [3.8, 4) is 11.5 Å². The van der Waals surface area contributed by atoms with Crippen molar-refractivity contribution in [3.05, 3.63) is 59.0 Å². The van der Waals surface area contributed by atoms with Crippen LogP contribution in [0.25, 0.3) is 0 Å². The Bertz CT molecular complexity index is 795. The number of hydrogen-bond donors (Lipinski definition) is 0. The highest BCUT2D eigenvalue weighted by atomic mass is 16.5. The van der Waals surface area contributed by atoms with E-state index in [4.69, 9.17) is 9.47 Å². The van der Waals surface area contributed by atoms with Gasteiger partial charge < -0.3 is 18.9 Å². The molecule has 0 spiro atoms. The first kappa shape index (κ1) is 19.0. The molecule has 0 N–H and O–H groups in total. The number of benzene rings is 1. The fourth-order valence-electron chi connectivity index (χ4n) is 3.02. The summed E-state index contributed by atoms with van der Waals surface area (Å²) in [7, 11) is 1.64. The number of piperazine rings is 1. The number of pyridine rings is 1. The number of carbonyl (C=O) groups is 1. The minimum atomic E-state index is -0.153. The SMILES string of the molecule is COc1ccc(OCCN2CCN(C(=O)Cn3ccccc3=O)CC2)cc1. The lowest BCUT2D eigenvalue weighted by atomic mass is 10.3. The topological polar surface area (TPSA) is 64.0 Å². The highest BCUT2D eigenvalue weighted by Crippen LogP contribution is 2.17. The molecule has 3 rings (SSSR count). The molecule has 0 saturated carbocycles. The smallest absolute Gasteiger partial charge is 0.250 e. The van der Waals surface area contributed by atoms with E-state index in [9.17, 15) is 9.59 Å². The number of hydrogen-bond acceptors (Lipinski definition) is 5. The summed E-state index contributed by atoms with van der Waals surface area (Å²) in [5.41, 5.74) is -0.153. The van der Waals surface area contributed by atoms with Gasteiger partial charge in [-0.05, 0) is 30.3 Å². The van der Waals surface area contributed by atoms with Crippen molar-refractivity contribution < 1.29 is 14.3 Å². The van der Waals surface area contributed by atoms with E-state index in [-0.39, 0.29) is 18.0 Å². The second-order valence-corrected chi connectivity index (χ2v) is 6.41. The maximum Gasteiger partial charge on any atom is 0.250 e. The van der Waals surface area contributed by atoms with Crippen molar-refractivity contribution in [2.24, 2.45) is 0 Å². The highest BCUT2D eigenvalue weighted by molar-refractivity contribution is 5.76. The predicted octanol–water partition coefficient (Wildman–Crippen LogP) is 1.08. The van der Waals surface area contributed by atoms with Gasteiger partial charge in [0, 0.05) is 45.0 Å². The predicted molar refractivity (Wildman–Crippen MR) is 102 cm³/mol. The van der Waals surface area contributed by atoms with Gasteiger partial charge in [-0.2, -0.15) is 0 Å². The molecule has 144 valence electrons. The molecule has 1 aliphatic heterocycles. The maximum absolute atomic E-state index is 12.4. The van der Waals surface area contributed by atoms with Crippen LogP contribution in [0.2, 0.25) is 0 Å². The first-order valence-corrected chi connectivity index (χ1v) is 9.08. The van der Waals surface area contributed by atoms with Gasteiger partial charge in [0.2, 0.25) is 5.91 Å². The molecule has 0 bridgehead atoms. The van der Waals surface area contributed by atoms with Crippen molar-refractivity contribution in [1.82, 2.24) is 14.4 Å². The van der Waals surface area contributed by atoms with Crippen LogP contribution in [0.3, 0.4) is 0 Å². The lowest BCUT2D eigenvalue weighted by molar-refractivity contribution is -0.133. The average molecular weight is 371 g/mol. The Morgan fingerprint density at radius 2 is 1.70 bits per heavy atom. The first-order valence-electron chi connectivity index (χ1n) is 9.08. The second kappa shape index (κ2) is 9.23. The average Bonchev–Trinajstić information content (AvgIpc) is 2.71. The Morgan fingerprint density at radius 1 is 1.00 bits per heavy atom. The van der Waals surface area contributed by atoms with Gasteiger partial charge in [0.1, 0.15) is 24.7 Å². The summed E-state index contributed by atoms with van der Waals surface area (Å²) in [6.45, 7) is 4.46. The van der Waals surface area contributed by atoms with Crippen LogP contribution in [0.1, 0.15) is 0 Å². The van der Waals surface area contributed by atoms with Gasteiger partial charge in [0.25, 0.3) is 5.56 Å². The summed E-state index contributed by atoms with van der Waals surface area (Å²) >= 11 is 0. The van der Waals surface area contributed by atoms with Crippen LogP contribution in [0.4, 0.5) is 0 Å². The van der Waals surface area contributed by atoms with Gasteiger partial charge in [0.15, 0.2) is 0 Å². The number of aromatic nitrogens is 1. The third-order valence-corrected chi connectivity index (χ3v) is 4.67. The van der Waals surface area contributed by atoms with Crippen molar-refractivity contribution in [3.63, 3.8) is 0 Å². The van der Waals surface area contributed by atoms with E-state index < -0.39 is 0 Å². The van der Waals surface area contributed by atoms with Crippen LogP contribution in [-0.4, -0.2) is 66.7 Å². The van der Waals surface area contributed by atoms with E-state index in [1.165, 1.54) is 10.6 Å². The summed E-state index contributed by atoms with van der Waals surface area (Å²) in [6.07, 6.45) is 1.65. The van der Waals surface area contributed by atoms with Crippen molar-refractivity contribution in [1.29, 1.82) is 0 Å². The molecule has 0 aliphatic carbocycles. The number of amides is 1. The van der Waals surface area contributed by atoms with Gasteiger partial charge in [0.05, 0.1) is 7.11 Å². The van der Waals surface area contributed by atoms with E-state index in [2.05, 4.69) is 4.90 Å². The van der Waals surface area contributed by atoms with Gasteiger partial charge in [-0.3, -0.25) is 14.5 Å². The quantitative estimate of drug-likeness (QED) is 0.729. The van der Waals surface area contributed by atoms with E-state index >= 15 is 0 Å². The third-order valence-electron chi connectivity index (χ3n) is 4.67. The Labute approximate surface area is 158 Å². The van der Waals surface area contributed by atoms with E-state index in [1.807, 2.05) is 29.2 Å². The van der Waals surface area contributed by atoms with Crippen LogP contribution < -0.4 is 15.0 Å². The fourth-order valence-corrected chi connectivity index (χ4v) is 3.02. The van der Waals surface area contributed by atoms with E-state index in [0.717, 1.165) is 31.1 Å². The molecule has 1 aliphatic rings. The third kappa shape index (κ3) is 5.34. The summed E-state index contributed by atoms with van der Waals surface area (Å²) in [4.78, 5) is 28.2. The summed E-state index contributed by atoms with van der Waals surface area (Å²) in [5.74, 6) is 1.61. The molecule has 2 heterocycles. The van der Waals surface area contributed by atoms with Crippen molar-refractivity contribution in [2.45, 2.75) is 6.54 Å². The summed E-state index contributed by atoms with van der Waals surface area (Å²) < 4.78 is 12.3. The molecule has 7 heteroatoms. The number of ether oxygens (including phenoxy) is 2. The van der Waals surface area contributed by atoms with Gasteiger partial charge in [-0.15, -0.1) is 0 Å². The minimum Gasteiger partial charge on any atom is -0.497 e. The molecule has 0 atom stereocenters. The van der Waals surface area contributed by atoms with Crippen molar-refractivity contribution >= 4 is 5.91 Å². The zero-order chi connectivity index (χ0) is 19.1. The monoisotopic (exact) mass is 371 g/mol. The standard InChI is InChI=1S/C20H25N3O4/c1-26-17-5-7-18(8-6-17)27-15-14-21-10-12-22(13-11-21)20(25)16-23-9-3-2-4-19(23)24/h2-9H,10-16H2,1H3. The number of methoxy groups -OCH3 is 1. The van der Waals surface area contributed by atoms with Crippen LogP contribution in [0, 0.1) is 0 Å². The number of rotatable bonds is 7. The Balaban J connectivity index is 1.38. The minimum absolute atomic E-state index is 0.0163. The van der Waals surface area contributed by atoms with Crippen LogP contribution >= 0.6 is 0 Å². The van der Waals surface area contributed by atoms with Gasteiger partial charge in [-0.25, -0.2) is 0 Å². The largest absolute Gasteiger partial charge is 0.497 e.